The third kappa shape index (κ3) is 4.36. The number of rotatable bonds is 9. The Bertz CT molecular complexity index is 1020. The highest BCUT2D eigenvalue weighted by molar-refractivity contribution is 5.86. The summed E-state index contributed by atoms with van der Waals surface area (Å²) in [5, 5.41) is 9.61. The summed E-state index contributed by atoms with van der Waals surface area (Å²) in [4.78, 5) is 29.1. The Morgan fingerprint density at radius 3 is 1.65 bits per heavy atom. The minimum Gasteiger partial charge on any atom is -0.481 e. The summed E-state index contributed by atoms with van der Waals surface area (Å²) in [7, 11) is 1.71. The fourth-order valence-corrected chi connectivity index (χ4v) is 4.97. The lowest BCUT2D eigenvalue weighted by molar-refractivity contribution is -0.145. The van der Waals surface area contributed by atoms with Gasteiger partial charge in [-0.25, -0.2) is 0 Å². The van der Waals surface area contributed by atoms with E-state index in [1.54, 1.807) is 11.9 Å². The molecule has 1 heterocycles. The van der Waals surface area contributed by atoms with E-state index in [9.17, 15) is 14.7 Å². The molecule has 0 aromatic heterocycles. The van der Waals surface area contributed by atoms with Gasteiger partial charge in [-0.15, -0.1) is 0 Å². The molecule has 1 fully saturated rings. The second-order valence-corrected chi connectivity index (χ2v) is 9.38. The molecule has 0 spiro atoms. The Labute approximate surface area is 201 Å². The van der Waals surface area contributed by atoms with Crippen molar-refractivity contribution in [1.29, 1.82) is 0 Å². The first-order valence-corrected chi connectivity index (χ1v) is 11.8. The molecule has 0 bridgehead atoms. The summed E-state index contributed by atoms with van der Waals surface area (Å²) in [6.07, 6.45) is 0. The summed E-state index contributed by atoms with van der Waals surface area (Å²) >= 11 is 0. The molecular formula is C29H32N2O3. The van der Waals surface area contributed by atoms with Crippen molar-refractivity contribution in [2.24, 2.45) is 11.8 Å². The molecule has 5 nitrogen and oxygen atoms in total. The summed E-state index contributed by atoms with van der Waals surface area (Å²) < 4.78 is 0. The fourth-order valence-electron chi connectivity index (χ4n) is 4.97. The van der Waals surface area contributed by atoms with Crippen LogP contribution in [0.3, 0.4) is 0 Å². The van der Waals surface area contributed by atoms with Gasteiger partial charge in [-0.05, 0) is 22.6 Å². The highest BCUT2D eigenvalue weighted by Gasteiger charge is 2.56. The Morgan fingerprint density at radius 2 is 1.29 bits per heavy atom. The number of benzene rings is 3. The van der Waals surface area contributed by atoms with Crippen LogP contribution in [0.2, 0.25) is 0 Å². The van der Waals surface area contributed by atoms with Crippen LogP contribution in [0.1, 0.15) is 30.5 Å². The van der Waals surface area contributed by atoms with Gasteiger partial charge >= 0.3 is 5.97 Å². The summed E-state index contributed by atoms with van der Waals surface area (Å²) in [6, 6.07) is 30.5. The zero-order chi connectivity index (χ0) is 24.3. The Hall–Kier alpha value is -3.44. The minimum absolute atomic E-state index is 0.0425. The molecule has 176 valence electrons. The Kier molecular flexibility index (Phi) is 6.85. The number of carboxylic acid groups (broad SMARTS) is 1. The van der Waals surface area contributed by atoms with Crippen molar-refractivity contribution < 1.29 is 14.7 Å². The first kappa shape index (κ1) is 23.7. The first-order chi connectivity index (χ1) is 16.4. The molecule has 1 N–H and O–H groups in total. The van der Waals surface area contributed by atoms with Crippen molar-refractivity contribution >= 4 is 11.9 Å². The van der Waals surface area contributed by atoms with Crippen LogP contribution in [-0.2, 0) is 15.1 Å². The van der Waals surface area contributed by atoms with Crippen LogP contribution in [0.5, 0.6) is 0 Å². The standard InChI is InChI=1S/C29H32N2O3/c1-21(2)25(28(33)34)19-30(3)27(32)26-20-31(26)29(22-13-7-4-8-14-22,23-15-9-5-10-16-23)24-17-11-6-12-18-24/h4-18,21,25-26H,19-20H2,1-3H3,(H,33,34)/t25-,26?,31?/m0/s1. The third-order valence-electron chi connectivity index (χ3n) is 6.87. The second kappa shape index (κ2) is 9.82. The van der Waals surface area contributed by atoms with Gasteiger partial charge in [0.05, 0.1) is 11.5 Å². The number of hydrogen-bond donors (Lipinski definition) is 1. The van der Waals surface area contributed by atoms with Crippen LogP contribution in [0.15, 0.2) is 91.0 Å². The Morgan fingerprint density at radius 1 is 0.882 bits per heavy atom. The van der Waals surface area contributed by atoms with Crippen molar-refractivity contribution in [3.8, 4) is 0 Å². The van der Waals surface area contributed by atoms with Gasteiger partial charge in [-0.1, -0.05) is 105 Å². The number of likely N-dealkylation sites (N-methyl/N-ethyl adjacent to an activating group) is 1. The van der Waals surface area contributed by atoms with Crippen molar-refractivity contribution in [3.63, 3.8) is 0 Å². The number of amides is 1. The highest BCUT2D eigenvalue weighted by Crippen LogP contribution is 2.48. The molecule has 0 radical (unpaired) electrons. The highest BCUT2D eigenvalue weighted by atomic mass is 16.4. The van der Waals surface area contributed by atoms with Crippen molar-refractivity contribution in [2.45, 2.75) is 25.4 Å². The fraction of sp³-hybridized carbons (Fsp3) is 0.310. The van der Waals surface area contributed by atoms with E-state index in [1.165, 1.54) is 0 Å². The number of nitrogens with zero attached hydrogens (tertiary/aromatic N) is 2. The topological polar surface area (TPSA) is 60.6 Å². The van der Waals surface area contributed by atoms with E-state index in [2.05, 4.69) is 41.3 Å². The Balaban J connectivity index is 1.75. The zero-order valence-corrected chi connectivity index (χ0v) is 20.0. The number of carbonyl (C=O) groups excluding carboxylic acids is 1. The maximum absolute atomic E-state index is 13.5. The van der Waals surface area contributed by atoms with Gasteiger partial charge in [0.2, 0.25) is 5.91 Å². The van der Waals surface area contributed by atoms with E-state index in [-0.39, 0.29) is 24.4 Å². The molecule has 0 aliphatic carbocycles. The summed E-state index contributed by atoms with van der Waals surface area (Å²) in [6.45, 7) is 4.56. The van der Waals surface area contributed by atoms with E-state index < -0.39 is 17.4 Å². The average Bonchev–Trinajstić information content (AvgIpc) is 3.65. The number of hydrogen-bond acceptors (Lipinski definition) is 3. The van der Waals surface area contributed by atoms with Gasteiger partial charge in [-0.2, -0.15) is 0 Å². The monoisotopic (exact) mass is 456 g/mol. The van der Waals surface area contributed by atoms with Crippen LogP contribution >= 0.6 is 0 Å². The maximum atomic E-state index is 13.5. The van der Waals surface area contributed by atoms with E-state index in [4.69, 9.17) is 0 Å². The maximum Gasteiger partial charge on any atom is 0.308 e. The van der Waals surface area contributed by atoms with Crippen LogP contribution in [-0.4, -0.2) is 53.0 Å². The van der Waals surface area contributed by atoms with E-state index in [0.717, 1.165) is 16.7 Å². The zero-order valence-electron chi connectivity index (χ0n) is 20.0. The SMILES string of the molecule is CC(C)[C@H](CN(C)C(=O)C1CN1C(c1ccccc1)(c1ccccc1)c1ccccc1)C(=O)O. The molecule has 3 aromatic rings. The number of carbonyl (C=O) groups is 2. The molecule has 1 amide bonds. The van der Waals surface area contributed by atoms with Gasteiger partial charge in [0.25, 0.3) is 0 Å². The lowest BCUT2D eigenvalue weighted by atomic mass is 9.76. The predicted octanol–water partition coefficient (Wildman–Crippen LogP) is 4.48. The number of aliphatic carboxylic acids is 1. The average molecular weight is 457 g/mol. The van der Waals surface area contributed by atoms with E-state index in [1.807, 2.05) is 68.4 Å². The molecule has 3 aromatic carbocycles. The molecule has 2 unspecified atom stereocenters. The molecular weight excluding hydrogens is 424 g/mol. The van der Waals surface area contributed by atoms with E-state index in [0.29, 0.717) is 6.54 Å². The van der Waals surface area contributed by atoms with Crippen LogP contribution < -0.4 is 0 Å². The quantitative estimate of drug-likeness (QED) is 0.381. The van der Waals surface area contributed by atoms with E-state index >= 15 is 0 Å². The smallest absolute Gasteiger partial charge is 0.308 e. The van der Waals surface area contributed by atoms with Gasteiger partial charge in [-0.3, -0.25) is 14.5 Å². The molecule has 3 atom stereocenters. The van der Waals surface area contributed by atoms with Crippen molar-refractivity contribution in [1.82, 2.24) is 9.80 Å². The van der Waals surface area contributed by atoms with Crippen LogP contribution in [0.25, 0.3) is 0 Å². The molecule has 5 heteroatoms. The van der Waals surface area contributed by atoms with Crippen molar-refractivity contribution in [2.75, 3.05) is 20.1 Å². The van der Waals surface area contributed by atoms with Gasteiger partial charge < -0.3 is 10.0 Å². The van der Waals surface area contributed by atoms with Gasteiger partial charge in [0.1, 0.15) is 6.04 Å². The minimum atomic E-state index is -0.866. The summed E-state index contributed by atoms with van der Waals surface area (Å²) in [5.74, 6) is -1.56. The second-order valence-electron chi connectivity index (χ2n) is 9.38. The van der Waals surface area contributed by atoms with Crippen molar-refractivity contribution in [3.05, 3.63) is 108 Å². The third-order valence-corrected chi connectivity index (χ3v) is 6.87. The largest absolute Gasteiger partial charge is 0.481 e. The molecule has 1 aliphatic heterocycles. The van der Waals surface area contributed by atoms with Crippen LogP contribution in [0.4, 0.5) is 0 Å². The van der Waals surface area contributed by atoms with Gasteiger partial charge in [0, 0.05) is 20.1 Å². The lowest BCUT2D eigenvalue weighted by Crippen LogP contribution is -2.44. The normalized spacial score (nSPS) is 18.4. The summed E-state index contributed by atoms with van der Waals surface area (Å²) in [5.41, 5.74) is 2.65. The molecule has 0 saturated carbocycles. The lowest BCUT2D eigenvalue weighted by Gasteiger charge is -2.38. The van der Waals surface area contributed by atoms with Gasteiger partial charge in [0.15, 0.2) is 0 Å². The molecule has 4 rings (SSSR count). The number of carboxylic acids is 1. The molecule has 1 aliphatic rings. The predicted molar refractivity (Wildman–Crippen MR) is 133 cm³/mol. The van der Waals surface area contributed by atoms with Crippen LogP contribution in [0, 0.1) is 11.8 Å². The molecule has 34 heavy (non-hydrogen) atoms. The first-order valence-electron chi connectivity index (χ1n) is 11.8. The molecule has 1 saturated heterocycles.